The number of piperidine rings is 1. The van der Waals surface area contributed by atoms with Gasteiger partial charge in [0.2, 0.25) is 0 Å². The lowest BCUT2D eigenvalue weighted by Gasteiger charge is -2.28. The fraction of sp³-hybridized carbons (Fsp3) is 0.375. The SMILES string of the molecule is O=C(/C=C/c1ccc(Cl)c(Cl)c1)CN1CCC(C(=O)O)CC1. The Kier molecular flexibility index (Phi) is 6.00. The maximum absolute atomic E-state index is 11.9. The molecule has 0 saturated carbocycles. The first-order valence-corrected chi connectivity index (χ1v) is 7.82. The molecule has 1 fully saturated rings. The van der Waals surface area contributed by atoms with Crippen LogP contribution in [0.25, 0.3) is 6.08 Å². The molecule has 22 heavy (non-hydrogen) atoms. The minimum absolute atomic E-state index is 0.0140. The van der Waals surface area contributed by atoms with Gasteiger partial charge in [0, 0.05) is 0 Å². The first kappa shape index (κ1) is 17.0. The van der Waals surface area contributed by atoms with E-state index in [1.54, 1.807) is 24.3 Å². The predicted molar refractivity (Wildman–Crippen MR) is 87.3 cm³/mol. The third kappa shape index (κ3) is 4.83. The third-order valence-corrected chi connectivity index (χ3v) is 4.46. The number of hydrogen-bond acceptors (Lipinski definition) is 3. The summed E-state index contributed by atoms with van der Waals surface area (Å²) in [6, 6.07) is 5.17. The van der Waals surface area contributed by atoms with Gasteiger partial charge in [0.15, 0.2) is 5.78 Å². The Morgan fingerprint density at radius 1 is 1.23 bits per heavy atom. The normalized spacial score (nSPS) is 17.0. The fourth-order valence-electron chi connectivity index (χ4n) is 2.42. The van der Waals surface area contributed by atoms with Crippen LogP contribution >= 0.6 is 23.2 Å². The van der Waals surface area contributed by atoms with Crippen LogP contribution in [0.3, 0.4) is 0 Å². The van der Waals surface area contributed by atoms with E-state index in [2.05, 4.69) is 0 Å². The first-order chi connectivity index (χ1) is 10.5. The molecule has 0 aliphatic carbocycles. The largest absolute Gasteiger partial charge is 0.481 e. The van der Waals surface area contributed by atoms with Gasteiger partial charge >= 0.3 is 5.97 Å². The molecule has 0 aromatic heterocycles. The molecule has 1 aliphatic rings. The molecule has 1 aliphatic heterocycles. The number of likely N-dealkylation sites (tertiary alicyclic amines) is 1. The van der Waals surface area contributed by atoms with Crippen LogP contribution in [0.15, 0.2) is 24.3 Å². The van der Waals surface area contributed by atoms with Crippen molar-refractivity contribution in [2.45, 2.75) is 12.8 Å². The van der Waals surface area contributed by atoms with Gasteiger partial charge in [-0.15, -0.1) is 0 Å². The van der Waals surface area contributed by atoms with Crippen molar-refractivity contribution in [1.82, 2.24) is 4.90 Å². The van der Waals surface area contributed by atoms with Crippen molar-refractivity contribution in [3.8, 4) is 0 Å². The third-order valence-electron chi connectivity index (χ3n) is 3.72. The van der Waals surface area contributed by atoms with Gasteiger partial charge in [-0.3, -0.25) is 14.5 Å². The quantitative estimate of drug-likeness (QED) is 0.834. The molecule has 1 heterocycles. The fourth-order valence-corrected chi connectivity index (χ4v) is 2.72. The van der Waals surface area contributed by atoms with E-state index in [0.717, 1.165) is 5.56 Å². The molecule has 0 bridgehead atoms. The van der Waals surface area contributed by atoms with Gasteiger partial charge in [0.05, 0.1) is 22.5 Å². The highest BCUT2D eigenvalue weighted by atomic mass is 35.5. The van der Waals surface area contributed by atoms with Crippen LogP contribution in [0.5, 0.6) is 0 Å². The Balaban J connectivity index is 1.84. The number of carbonyl (C=O) groups is 2. The molecule has 118 valence electrons. The van der Waals surface area contributed by atoms with Gasteiger partial charge < -0.3 is 5.11 Å². The van der Waals surface area contributed by atoms with Crippen molar-refractivity contribution in [3.05, 3.63) is 39.9 Å². The zero-order valence-corrected chi connectivity index (χ0v) is 13.5. The monoisotopic (exact) mass is 341 g/mol. The number of carboxylic acids is 1. The van der Waals surface area contributed by atoms with Crippen LogP contribution in [0.1, 0.15) is 18.4 Å². The molecular weight excluding hydrogens is 325 g/mol. The molecule has 0 radical (unpaired) electrons. The zero-order valence-electron chi connectivity index (χ0n) is 12.0. The number of carbonyl (C=O) groups excluding carboxylic acids is 1. The Labute approximate surface area is 139 Å². The van der Waals surface area contributed by atoms with E-state index in [1.165, 1.54) is 6.08 Å². The summed E-state index contributed by atoms with van der Waals surface area (Å²) in [5.74, 6) is -1.04. The molecule has 0 spiro atoms. The van der Waals surface area contributed by atoms with Gasteiger partial charge in [-0.05, 0) is 49.7 Å². The minimum Gasteiger partial charge on any atom is -0.481 e. The van der Waals surface area contributed by atoms with Crippen LogP contribution in [-0.2, 0) is 9.59 Å². The molecular formula is C16H17Cl2NO3. The van der Waals surface area contributed by atoms with Gasteiger partial charge in [0.25, 0.3) is 0 Å². The summed E-state index contributed by atoms with van der Waals surface area (Å²) >= 11 is 11.8. The molecule has 1 aromatic rings. The van der Waals surface area contributed by atoms with E-state index in [0.29, 0.717) is 42.5 Å². The Morgan fingerprint density at radius 3 is 2.50 bits per heavy atom. The molecule has 2 rings (SSSR count). The molecule has 1 N–H and O–H groups in total. The van der Waals surface area contributed by atoms with Crippen molar-refractivity contribution in [2.24, 2.45) is 5.92 Å². The van der Waals surface area contributed by atoms with E-state index >= 15 is 0 Å². The van der Waals surface area contributed by atoms with Crippen molar-refractivity contribution in [3.63, 3.8) is 0 Å². The summed E-state index contributed by atoms with van der Waals surface area (Å²) in [5, 5.41) is 9.87. The molecule has 0 atom stereocenters. The van der Waals surface area contributed by atoms with Gasteiger partial charge in [-0.25, -0.2) is 0 Å². The molecule has 4 nitrogen and oxygen atoms in total. The average molecular weight is 342 g/mol. The van der Waals surface area contributed by atoms with E-state index in [1.807, 2.05) is 4.90 Å². The van der Waals surface area contributed by atoms with E-state index in [-0.39, 0.29) is 11.7 Å². The Bertz CT molecular complexity index is 593. The lowest BCUT2D eigenvalue weighted by atomic mass is 9.97. The predicted octanol–water partition coefficient (Wildman–Crippen LogP) is 3.37. The summed E-state index contributed by atoms with van der Waals surface area (Å²) in [4.78, 5) is 24.8. The second-order valence-corrected chi connectivity index (χ2v) is 6.18. The van der Waals surface area contributed by atoms with E-state index in [9.17, 15) is 9.59 Å². The summed E-state index contributed by atoms with van der Waals surface area (Å²) < 4.78 is 0. The standard InChI is InChI=1S/C16H17Cl2NO3/c17-14-4-2-11(9-15(14)18)1-3-13(20)10-19-7-5-12(6-8-19)16(21)22/h1-4,9,12H,5-8,10H2,(H,21,22)/b3-1+. The molecule has 1 saturated heterocycles. The highest BCUT2D eigenvalue weighted by molar-refractivity contribution is 6.42. The lowest BCUT2D eigenvalue weighted by Crippen LogP contribution is -2.38. The lowest BCUT2D eigenvalue weighted by molar-refractivity contribution is -0.143. The summed E-state index contributed by atoms with van der Waals surface area (Å²) in [5.41, 5.74) is 0.812. The number of benzene rings is 1. The molecule has 1 aromatic carbocycles. The van der Waals surface area contributed by atoms with Crippen molar-refractivity contribution < 1.29 is 14.7 Å². The van der Waals surface area contributed by atoms with Crippen LogP contribution < -0.4 is 0 Å². The number of rotatable bonds is 5. The number of halogens is 2. The van der Waals surface area contributed by atoms with E-state index in [4.69, 9.17) is 28.3 Å². The average Bonchev–Trinajstić information content (AvgIpc) is 2.49. The maximum atomic E-state index is 11.9. The number of hydrogen-bond donors (Lipinski definition) is 1. The second kappa shape index (κ2) is 7.77. The second-order valence-electron chi connectivity index (χ2n) is 5.36. The van der Waals surface area contributed by atoms with Gasteiger partial charge in [-0.1, -0.05) is 35.3 Å². The van der Waals surface area contributed by atoms with Crippen molar-refractivity contribution in [1.29, 1.82) is 0 Å². The smallest absolute Gasteiger partial charge is 0.306 e. The molecule has 0 amide bonds. The summed E-state index contributed by atoms with van der Waals surface area (Å²) in [6.07, 6.45) is 4.41. The number of aliphatic carboxylic acids is 1. The molecule has 0 unspecified atom stereocenters. The summed E-state index contributed by atoms with van der Waals surface area (Å²) in [6.45, 7) is 1.59. The zero-order chi connectivity index (χ0) is 16.1. The highest BCUT2D eigenvalue weighted by Gasteiger charge is 2.24. The Hall–Kier alpha value is -1.36. The maximum Gasteiger partial charge on any atom is 0.306 e. The van der Waals surface area contributed by atoms with Crippen LogP contribution in [0.4, 0.5) is 0 Å². The molecule has 6 heteroatoms. The minimum atomic E-state index is -0.745. The Morgan fingerprint density at radius 2 is 1.91 bits per heavy atom. The van der Waals surface area contributed by atoms with Crippen molar-refractivity contribution in [2.75, 3.05) is 19.6 Å². The summed E-state index contributed by atoms with van der Waals surface area (Å²) in [7, 11) is 0. The first-order valence-electron chi connectivity index (χ1n) is 7.07. The van der Waals surface area contributed by atoms with Crippen molar-refractivity contribution >= 4 is 41.0 Å². The topological polar surface area (TPSA) is 57.6 Å². The highest BCUT2D eigenvalue weighted by Crippen LogP contribution is 2.23. The van der Waals surface area contributed by atoms with E-state index < -0.39 is 5.97 Å². The number of carboxylic acid groups (broad SMARTS) is 1. The van der Waals surface area contributed by atoms with Gasteiger partial charge in [-0.2, -0.15) is 0 Å². The van der Waals surface area contributed by atoms with Crippen LogP contribution in [-0.4, -0.2) is 41.4 Å². The van der Waals surface area contributed by atoms with Crippen LogP contribution in [0, 0.1) is 5.92 Å². The van der Waals surface area contributed by atoms with Crippen LogP contribution in [0.2, 0.25) is 10.0 Å². The van der Waals surface area contributed by atoms with Gasteiger partial charge in [0.1, 0.15) is 0 Å². The number of nitrogens with zero attached hydrogens (tertiary/aromatic N) is 1. The number of ketones is 1.